The molecule has 3 heteroatoms. The van der Waals surface area contributed by atoms with Gasteiger partial charge in [-0.05, 0) is 43.4 Å². The molecule has 0 aromatic rings. The van der Waals surface area contributed by atoms with Crippen molar-refractivity contribution >= 4 is 21.8 Å². The number of fused-ring (bicyclic) bond motifs is 1. The minimum absolute atomic E-state index is 0.368. The molecule has 3 saturated carbocycles. The number of rotatable bonds is 3. The van der Waals surface area contributed by atoms with Crippen LogP contribution in [0.15, 0.2) is 0 Å². The number of carbonyl (C=O) groups excluding carboxylic acids is 1. The lowest BCUT2D eigenvalue weighted by molar-refractivity contribution is -0.124. The normalized spacial score (nSPS) is 45.4. The van der Waals surface area contributed by atoms with Gasteiger partial charge in [-0.1, -0.05) is 28.8 Å². The third-order valence-corrected chi connectivity index (χ3v) is 5.73. The van der Waals surface area contributed by atoms with Crippen LogP contribution in [0, 0.1) is 23.7 Å². The van der Waals surface area contributed by atoms with E-state index in [9.17, 15) is 4.79 Å². The largest absolute Gasteiger partial charge is 0.353 e. The summed E-state index contributed by atoms with van der Waals surface area (Å²) in [6, 6.07) is 0.452. The highest BCUT2D eigenvalue weighted by Crippen LogP contribution is 2.57. The van der Waals surface area contributed by atoms with Gasteiger partial charge in [-0.2, -0.15) is 0 Å². The van der Waals surface area contributed by atoms with Crippen LogP contribution in [-0.2, 0) is 4.79 Å². The zero-order valence-corrected chi connectivity index (χ0v) is 11.2. The Morgan fingerprint density at radius 2 is 1.81 bits per heavy atom. The van der Waals surface area contributed by atoms with E-state index in [0.717, 1.165) is 17.2 Å². The Hall–Kier alpha value is -0.0500. The van der Waals surface area contributed by atoms with E-state index in [2.05, 4.69) is 21.2 Å². The van der Waals surface area contributed by atoms with Gasteiger partial charge >= 0.3 is 0 Å². The summed E-state index contributed by atoms with van der Waals surface area (Å²) in [6.07, 6.45) is 7.69. The minimum Gasteiger partial charge on any atom is -0.353 e. The van der Waals surface area contributed by atoms with Crippen molar-refractivity contribution in [1.29, 1.82) is 0 Å². The molecule has 0 heterocycles. The van der Waals surface area contributed by atoms with Gasteiger partial charge in [0.25, 0.3) is 0 Å². The van der Waals surface area contributed by atoms with Crippen molar-refractivity contribution in [2.75, 3.05) is 5.33 Å². The Balaban J connectivity index is 1.53. The molecule has 0 radical (unpaired) electrons. The Bertz CT molecular complexity index is 284. The van der Waals surface area contributed by atoms with Crippen LogP contribution in [-0.4, -0.2) is 17.3 Å². The zero-order chi connectivity index (χ0) is 11.1. The van der Waals surface area contributed by atoms with Crippen molar-refractivity contribution in [3.63, 3.8) is 0 Å². The van der Waals surface area contributed by atoms with Crippen molar-refractivity contribution in [1.82, 2.24) is 5.32 Å². The molecule has 90 valence electrons. The van der Waals surface area contributed by atoms with Gasteiger partial charge in [0.05, 0.1) is 0 Å². The zero-order valence-electron chi connectivity index (χ0n) is 9.62. The molecule has 3 aliphatic carbocycles. The molecule has 3 fully saturated rings. The summed E-state index contributed by atoms with van der Waals surface area (Å²) < 4.78 is 0. The van der Waals surface area contributed by atoms with Crippen molar-refractivity contribution in [2.24, 2.45) is 23.7 Å². The highest BCUT2D eigenvalue weighted by molar-refractivity contribution is 9.09. The van der Waals surface area contributed by atoms with Crippen molar-refractivity contribution in [3.8, 4) is 0 Å². The van der Waals surface area contributed by atoms with E-state index in [-0.39, 0.29) is 0 Å². The number of hydrogen-bond donors (Lipinski definition) is 1. The number of amides is 1. The van der Waals surface area contributed by atoms with Crippen LogP contribution in [0.3, 0.4) is 0 Å². The van der Waals surface area contributed by atoms with Crippen molar-refractivity contribution in [2.45, 2.75) is 44.6 Å². The van der Waals surface area contributed by atoms with E-state index >= 15 is 0 Å². The van der Waals surface area contributed by atoms with Gasteiger partial charge in [-0.3, -0.25) is 4.79 Å². The second-order valence-corrected chi connectivity index (χ2v) is 6.39. The lowest BCUT2D eigenvalue weighted by Gasteiger charge is -2.19. The average molecular weight is 286 g/mol. The Labute approximate surface area is 106 Å². The summed E-state index contributed by atoms with van der Waals surface area (Å²) >= 11 is 3.56. The number of carbonyl (C=O) groups is 1. The molecule has 3 aliphatic rings. The minimum atomic E-state index is 0.368. The third-order valence-electron chi connectivity index (χ3n) is 4.89. The molecule has 2 nitrogen and oxygen atoms in total. The van der Waals surface area contributed by atoms with Crippen LogP contribution in [0.4, 0.5) is 0 Å². The second-order valence-electron chi connectivity index (χ2n) is 5.74. The first kappa shape index (κ1) is 11.1. The molecule has 4 atom stereocenters. The van der Waals surface area contributed by atoms with E-state index in [1.165, 1.54) is 38.5 Å². The van der Waals surface area contributed by atoms with Gasteiger partial charge in [0.2, 0.25) is 5.91 Å². The van der Waals surface area contributed by atoms with E-state index in [1.807, 2.05) is 0 Å². The summed E-state index contributed by atoms with van der Waals surface area (Å²) in [4.78, 5) is 12.1. The van der Waals surface area contributed by atoms with E-state index in [1.54, 1.807) is 0 Å². The van der Waals surface area contributed by atoms with Crippen LogP contribution < -0.4 is 5.32 Å². The maximum Gasteiger partial charge on any atom is 0.223 e. The molecule has 0 aromatic heterocycles. The molecule has 1 amide bonds. The SMILES string of the molecule is O=C(NC1CCCC1CBr)C1C2CCCC21. The maximum atomic E-state index is 12.1. The molecular weight excluding hydrogens is 266 g/mol. The Morgan fingerprint density at radius 3 is 2.50 bits per heavy atom. The summed E-state index contributed by atoms with van der Waals surface area (Å²) in [6.45, 7) is 0. The summed E-state index contributed by atoms with van der Waals surface area (Å²) in [5, 5.41) is 4.34. The molecule has 4 unspecified atom stereocenters. The smallest absolute Gasteiger partial charge is 0.223 e. The van der Waals surface area contributed by atoms with Gasteiger partial charge in [-0.25, -0.2) is 0 Å². The first-order chi connectivity index (χ1) is 7.81. The topological polar surface area (TPSA) is 29.1 Å². The van der Waals surface area contributed by atoms with Crippen LogP contribution >= 0.6 is 15.9 Å². The van der Waals surface area contributed by atoms with Crippen LogP contribution in [0.5, 0.6) is 0 Å². The summed E-state index contributed by atoms with van der Waals surface area (Å²) in [5.41, 5.74) is 0. The van der Waals surface area contributed by atoms with Gasteiger partial charge in [-0.15, -0.1) is 0 Å². The fourth-order valence-electron chi connectivity index (χ4n) is 3.90. The first-order valence-electron chi connectivity index (χ1n) is 6.67. The van der Waals surface area contributed by atoms with Crippen LogP contribution in [0.2, 0.25) is 0 Å². The first-order valence-corrected chi connectivity index (χ1v) is 7.79. The molecule has 0 saturated heterocycles. The van der Waals surface area contributed by atoms with Crippen LogP contribution in [0.1, 0.15) is 38.5 Å². The maximum absolute atomic E-state index is 12.1. The molecule has 0 spiro atoms. The Kier molecular flexibility index (Phi) is 2.99. The number of alkyl halides is 1. The van der Waals surface area contributed by atoms with E-state index in [4.69, 9.17) is 0 Å². The monoisotopic (exact) mass is 285 g/mol. The molecule has 0 aromatic carbocycles. The molecular formula is C13H20BrNO. The quantitative estimate of drug-likeness (QED) is 0.794. The Morgan fingerprint density at radius 1 is 1.12 bits per heavy atom. The molecule has 0 bridgehead atoms. The predicted octanol–water partition coefficient (Wildman–Crippen LogP) is 2.71. The molecule has 1 N–H and O–H groups in total. The summed E-state index contributed by atoms with van der Waals surface area (Å²) in [7, 11) is 0. The molecule has 0 aliphatic heterocycles. The lowest BCUT2D eigenvalue weighted by Crippen LogP contribution is -2.39. The highest BCUT2D eigenvalue weighted by atomic mass is 79.9. The fraction of sp³-hybridized carbons (Fsp3) is 0.923. The summed E-state index contributed by atoms with van der Waals surface area (Å²) in [5.74, 6) is 2.94. The standard InChI is InChI=1S/C13H20BrNO/c14-7-8-3-1-6-11(8)15-13(16)12-9-4-2-5-10(9)12/h8-12H,1-7H2,(H,15,16). The average Bonchev–Trinajstić information content (AvgIpc) is 2.71. The second kappa shape index (κ2) is 4.32. The highest BCUT2D eigenvalue weighted by Gasteiger charge is 2.56. The number of halogens is 1. The fourth-order valence-corrected chi connectivity index (χ4v) is 4.68. The predicted molar refractivity (Wildman–Crippen MR) is 67.4 cm³/mol. The molecule has 16 heavy (non-hydrogen) atoms. The van der Waals surface area contributed by atoms with Gasteiger partial charge in [0.1, 0.15) is 0 Å². The van der Waals surface area contributed by atoms with Crippen molar-refractivity contribution in [3.05, 3.63) is 0 Å². The van der Waals surface area contributed by atoms with Crippen molar-refractivity contribution < 1.29 is 4.79 Å². The third kappa shape index (κ3) is 1.81. The lowest BCUT2D eigenvalue weighted by atomic mass is 10.1. The van der Waals surface area contributed by atoms with Crippen LogP contribution in [0.25, 0.3) is 0 Å². The van der Waals surface area contributed by atoms with Gasteiger partial charge in [0, 0.05) is 17.3 Å². The van der Waals surface area contributed by atoms with Gasteiger partial charge < -0.3 is 5.32 Å². The number of hydrogen-bond acceptors (Lipinski definition) is 1. The molecule has 3 rings (SSSR count). The van der Waals surface area contributed by atoms with E-state index < -0.39 is 0 Å². The van der Waals surface area contributed by atoms with E-state index in [0.29, 0.717) is 23.8 Å². The van der Waals surface area contributed by atoms with Gasteiger partial charge in [0.15, 0.2) is 0 Å². The number of nitrogens with one attached hydrogen (secondary N) is 1.